The minimum atomic E-state index is -4.73. The van der Waals surface area contributed by atoms with Crippen LogP contribution in [0.4, 0.5) is 18.9 Å². The first kappa shape index (κ1) is 12.2. The molecule has 1 aromatic heterocycles. The van der Waals surface area contributed by atoms with E-state index in [0.29, 0.717) is 0 Å². The van der Waals surface area contributed by atoms with Gasteiger partial charge < -0.3 is 0 Å². The van der Waals surface area contributed by atoms with E-state index in [-0.39, 0.29) is 5.56 Å². The first-order valence-corrected chi connectivity index (χ1v) is 4.11. The van der Waals surface area contributed by atoms with Crippen molar-refractivity contribution in [1.82, 2.24) is 4.98 Å². The third-order valence-corrected chi connectivity index (χ3v) is 1.94. The van der Waals surface area contributed by atoms with E-state index in [9.17, 15) is 23.3 Å². The molecular formula is C9H7F3N2O2. The maximum Gasteiger partial charge on any atom is 0.418 e. The van der Waals surface area contributed by atoms with Gasteiger partial charge in [0.2, 0.25) is 0 Å². The van der Waals surface area contributed by atoms with E-state index in [0.717, 1.165) is 6.20 Å². The van der Waals surface area contributed by atoms with Crippen molar-refractivity contribution in [2.45, 2.75) is 13.1 Å². The highest BCUT2D eigenvalue weighted by atomic mass is 19.4. The number of hydrogen-bond acceptors (Lipinski definition) is 3. The van der Waals surface area contributed by atoms with Gasteiger partial charge in [-0.05, 0) is 13.0 Å². The number of rotatable bonds is 2. The van der Waals surface area contributed by atoms with Gasteiger partial charge in [0.25, 0.3) is 5.69 Å². The van der Waals surface area contributed by atoms with Crippen LogP contribution in [0.5, 0.6) is 0 Å². The molecule has 1 heterocycles. The van der Waals surface area contributed by atoms with Gasteiger partial charge in [0.1, 0.15) is 0 Å². The predicted molar refractivity (Wildman–Crippen MR) is 50.7 cm³/mol. The fourth-order valence-electron chi connectivity index (χ4n) is 1.14. The average Bonchev–Trinajstić information content (AvgIpc) is 2.14. The molecule has 0 aliphatic heterocycles. The molecule has 1 rings (SSSR count). The number of hydrogen-bond donors (Lipinski definition) is 0. The van der Waals surface area contributed by atoms with Gasteiger partial charge in [0, 0.05) is 11.8 Å². The van der Waals surface area contributed by atoms with Crippen LogP contribution in [-0.2, 0) is 0 Å². The molecule has 0 atom stereocenters. The second kappa shape index (κ2) is 3.92. The van der Waals surface area contributed by atoms with Gasteiger partial charge in [-0.2, -0.15) is 13.2 Å². The van der Waals surface area contributed by atoms with E-state index < -0.39 is 28.1 Å². The van der Waals surface area contributed by atoms with Crippen molar-refractivity contribution in [3.63, 3.8) is 0 Å². The minimum absolute atomic E-state index is 0.111. The largest absolute Gasteiger partial charge is 0.418 e. The Labute approximate surface area is 88.6 Å². The number of aryl methyl sites for hydroxylation is 1. The Morgan fingerprint density at radius 3 is 2.56 bits per heavy atom. The van der Waals surface area contributed by atoms with Gasteiger partial charge in [0.05, 0.1) is 10.5 Å². The van der Waals surface area contributed by atoms with Crippen LogP contribution in [0.2, 0.25) is 0 Å². The van der Waals surface area contributed by atoms with E-state index >= 15 is 0 Å². The smallest absolute Gasteiger partial charge is 0.258 e. The van der Waals surface area contributed by atoms with E-state index in [2.05, 4.69) is 11.6 Å². The SMILES string of the molecule is C=C(c1nccc(C)c1[N+](=O)[O-])C(F)(F)F. The molecule has 0 saturated heterocycles. The third kappa shape index (κ3) is 2.18. The lowest BCUT2D eigenvalue weighted by atomic mass is 10.1. The van der Waals surface area contributed by atoms with Crippen molar-refractivity contribution in [3.8, 4) is 0 Å². The fraction of sp³-hybridized carbons (Fsp3) is 0.222. The monoisotopic (exact) mass is 232 g/mol. The van der Waals surface area contributed by atoms with Crippen LogP contribution in [0, 0.1) is 17.0 Å². The molecule has 0 aliphatic carbocycles. The standard InChI is InChI=1S/C9H7F3N2O2/c1-5-3-4-13-7(8(5)14(15)16)6(2)9(10,11)12/h3-4H,2H2,1H3. The average molecular weight is 232 g/mol. The zero-order chi connectivity index (χ0) is 12.5. The number of nitrogens with zero attached hydrogens (tertiary/aromatic N) is 2. The molecule has 0 spiro atoms. The van der Waals surface area contributed by atoms with Crippen molar-refractivity contribution in [3.05, 3.63) is 40.2 Å². The van der Waals surface area contributed by atoms with Gasteiger partial charge in [-0.15, -0.1) is 0 Å². The number of nitro groups is 1. The molecule has 0 fully saturated rings. The van der Waals surface area contributed by atoms with Crippen molar-refractivity contribution in [2.24, 2.45) is 0 Å². The predicted octanol–water partition coefficient (Wildman–Crippen LogP) is 2.87. The summed E-state index contributed by atoms with van der Waals surface area (Å²) in [4.78, 5) is 13.1. The van der Waals surface area contributed by atoms with Gasteiger partial charge in [-0.1, -0.05) is 6.58 Å². The summed E-state index contributed by atoms with van der Waals surface area (Å²) in [5.74, 6) is 0. The normalized spacial score (nSPS) is 11.2. The molecule has 0 bridgehead atoms. The second-order valence-electron chi connectivity index (χ2n) is 3.06. The Balaban J connectivity index is 3.40. The lowest BCUT2D eigenvalue weighted by Crippen LogP contribution is -2.13. The molecule has 0 aliphatic rings. The van der Waals surface area contributed by atoms with E-state index in [4.69, 9.17) is 0 Å². The number of aromatic nitrogens is 1. The maximum absolute atomic E-state index is 12.3. The summed E-state index contributed by atoms with van der Waals surface area (Å²) >= 11 is 0. The second-order valence-corrected chi connectivity index (χ2v) is 3.06. The highest BCUT2D eigenvalue weighted by molar-refractivity contribution is 5.72. The van der Waals surface area contributed by atoms with Crippen LogP contribution in [0.3, 0.4) is 0 Å². The van der Waals surface area contributed by atoms with Crippen LogP contribution in [0.25, 0.3) is 5.57 Å². The lowest BCUT2D eigenvalue weighted by molar-refractivity contribution is -0.386. The Bertz CT molecular complexity index is 455. The summed E-state index contributed by atoms with van der Waals surface area (Å²) < 4.78 is 37.0. The van der Waals surface area contributed by atoms with Crippen molar-refractivity contribution in [2.75, 3.05) is 0 Å². The first-order chi connectivity index (χ1) is 7.25. The lowest BCUT2D eigenvalue weighted by Gasteiger charge is -2.10. The molecule has 7 heteroatoms. The molecule has 0 N–H and O–H groups in total. The van der Waals surface area contributed by atoms with Gasteiger partial charge in [-0.25, -0.2) is 4.98 Å². The summed E-state index contributed by atoms with van der Waals surface area (Å²) in [6.45, 7) is 4.13. The zero-order valence-corrected chi connectivity index (χ0v) is 8.21. The summed E-state index contributed by atoms with van der Waals surface area (Å²) in [6, 6.07) is 1.27. The topological polar surface area (TPSA) is 56.0 Å². The van der Waals surface area contributed by atoms with Crippen LogP contribution < -0.4 is 0 Å². The first-order valence-electron chi connectivity index (χ1n) is 4.11. The molecule has 86 valence electrons. The molecule has 0 aromatic carbocycles. The van der Waals surface area contributed by atoms with Crippen molar-refractivity contribution in [1.29, 1.82) is 0 Å². The number of pyridine rings is 1. The summed E-state index contributed by atoms with van der Waals surface area (Å²) in [5, 5.41) is 10.6. The molecule has 4 nitrogen and oxygen atoms in total. The molecular weight excluding hydrogens is 225 g/mol. The van der Waals surface area contributed by atoms with Crippen molar-refractivity contribution < 1.29 is 18.1 Å². The van der Waals surface area contributed by atoms with E-state index in [1.165, 1.54) is 13.0 Å². The highest BCUT2D eigenvalue weighted by Gasteiger charge is 2.38. The van der Waals surface area contributed by atoms with Crippen LogP contribution in [0.15, 0.2) is 18.8 Å². The minimum Gasteiger partial charge on any atom is -0.258 e. The fourth-order valence-corrected chi connectivity index (χ4v) is 1.14. The molecule has 0 amide bonds. The van der Waals surface area contributed by atoms with E-state index in [1.807, 2.05) is 0 Å². The van der Waals surface area contributed by atoms with Gasteiger partial charge >= 0.3 is 6.18 Å². The summed E-state index contributed by atoms with van der Waals surface area (Å²) in [7, 11) is 0. The Kier molecular flexibility index (Phi) is 2.97. The van der Waals surface area contributed by atoms with Crippen LogP contribution >= 0.6 is 0 Å². The van der Waals surface area contributed by atoms with E-state index in [1.54, 1.807) is 0 Å². The van der Waals surface area contributed by atoms with Crippen molar-refractivity contribution >= 4 is 11.3 Å². The molecule has 0 radical (unpaired) electrons. The van der Waals surface area contributed by atoms with Gasteiger partial charge in [0.15, 0.2) is 5.69 Å². The Hall–Kier alpha value is -1.92. The summed E-state index contributed by atoms with van der Waals surface area (Å²) in [6.07, 6.45) is -3.65. The number of alkyl halides is 3. The third-order valence-electron chi connectivity index (χ3n) is 1.94. The molecule has 1 aromatic rings. The zero-order valence-electron chi connectivity index (χ0n) is 8.21. The number of halogens is 3. The summed E-state index contributed by atoms with van der Waals surface area (Å²) in [5.41, 5.74) is -2.61. The van der Waals surface area contributed by atoms with Crippen LogP contribution in [0.1, 0.15) is 11.3 Å². The quantitative estimate of drug-likeness (QED) is 0.581. The maximum atomic E-state index is 12.3. The van der Waals surface area contributed by atoms with Gasteiger partial charge in [-0.3, -0.25) is 10.1 Å². The van der Waals surface area contributed by atoms with Crippen LogP contribution in [-0.4, -0.2) is 16.1 Å². The Morgan fingerprint density at radius 1 is 1.56 bits per heavy atom. The number of allylic oxidation sites excluding steroid dienone is 1. The molecule has 0 saturated carbocycles. The highest BCUT2D eigenvalue weighted by Crippen LogP contribution is 2.36. The molecule has 16 heavy (non-hydrogen) atoms. The Morgan fingerprint density at radius 2 is 2.12 bits per heavy atom. The molecule has 0 unspecified atom stereocenters.